The SMILES string of the molecule is CCCCCCCCCCCC1=NCC[N+]1(CCO)CC(=O)O.[Na].[Na].[OH-]. The Balaban J connectivity index is -0.00000176. The number of carboxylic acids is 1. The van der Waals surface area contributed by atoms with Gasteiger partial charge in [-0.1, -0.05) is 58.3 Å². The molecule has 1 aliphatic heterocycles. The van der Waals surface area contributed by atoms with Gasteiger partial charge < -0.3 is 15.7 Å². The maximum absolute atomic E-state index is 11.2. The molecule has 0 saturated carbocycles. The summed E-state index contributed by atoms with van der Waals surface area (Å²) in [5.41, 5.74) is 0. The quantitative estimate of drug-likeness (QED) is 0.270. The molecular formula is C18H36N2Na2O4. The summed E-state index contributed by atoms with van der Waals surface area (Å²) < 4.78 is 0.364. The first-order valence-electron chi connectivity index (χ1n) is 9.37. The first-order chi connectivity index (χ1) is 11.1. The van der Waals surface area contributed by atoms with Crippen LogP contribution in [-0.4, -0.2) is 124 Å². The van der Waals surface area contributed by atoms with E-state index in [-0.39, 0.29) is 77.7 Å². The van der Waals surface area contributed by atoms with Gasteiger partial charge in [0.1, 0.15) is 13.1 Å². The van der Waals surface area contributed by atoms with E-state index < -0.39 is 5.97 Å². The minimum Gasteiger partial charge on any atom is -0.870 e. The van der Waals surface area contributed by atoms with Gasteiger partial charge in [0.25, 0.3) is 0 Å². The molecule has 144 valence electrons. The average molecular weight is 390 g/mol. The Morgan fingerprint density at radius 2 is 1.58 bits per heavy atom. The number of aliphatic hydroxyl groups excluding tert-OH is 1. The molecule has 0 aromatic rings. The van der Waals surface area contributed by atoms with Crippen LogP contribution in [-0.2, 0) is 4.79 Å². The molecule has 1 atom stereocenters. The van der Waals surface area contributed by atoms with Crippen LogP contribution in [0.4, 0.5) is 0 Å². The van der Waals surface area contributed by atoms with Gasteiger partial charge in [-0.2, -0.15) is 0 Å². The Morgan fingerprint density at radius 3 is 2.08 bits per heavy atom. The summed E-state index contributed by atoms with van der Waals surface area (Å²) in [5, 5.41) is 18.5. The molecule has 26 heavy (non-hydrogen) atoms. The number of amidine groups is 1. The van der Waals surface area contributed by atoms with Crippen molar-refractivity contribution in [1.82, 2.24) is 0 Å². The summed E-state index contributed by atoms with van der Waals surface area (Å²) in [4.78, 5) is 15.7. The second-order valence-electron chi connectivity index (χ2n) is 6.74. The molecule has 6 nitrogen and oxygen atoms in total. The fourth-order valence-corrected chi connectivity index (χ4v) is 3.50. The molecular weight excluding hydrogens is 354 g/mol. The number of rotatable bonds is 14. The Bertz CT molecular complexity index is 384. The van der Waals surface area contributed by atoms with Crippen molar-refractivity contribution in [3.63, 3.8) is 0 Å². The van der Waals surface area contributed by atoms with Gasteiger partial charge in [0, 0.05) is 65.5 Å². The Labute approximate surface area is 203 Å². The van der Waals surface area contributed by atoms with Crippen LogP contribution in [0.15, 0.2) is 4.99 Å². The summed E-state index contributed by atoms with van der Waals surface area (Å²) in [6.45, 7) is 4.20. The van der Waals surface area contributed by atoms with E-state index in [2.05, 4.69) is 11.9 Å². The summed E-state index contributed by atoms with van der Waals surface area (Å²) in [6, 6.07) is 0. The average Bonchev–Trinajstić information content (AvgIpc) is 2.87. The van der Waals surface area contributed by atoms with E-state index in [9.17, 15) is 9.90 Å². The van der Waals surface area contributed by atoms with Crippen molar-refractivity contribution in [2.45, 2.75) is 71.1 Å². The fraction of sp³-hybridized carbons (Fsp3) is 0.889. The number of carboxylic acid groups (broad SMARTS) is 1. The Morgan fingerprint density at radius 1 is 1.04 bits per heavy atom. The fourth-order valence-electron chi connectivity index (χ4n) is 3.50. The van der Waals surface area contributed by atoms with Gasteiger partial charge in [0.2, 0.25) is 0 Å². The molecule has 0 spiro atoms. The van der Waals surface area contributed by atoms with Gasteiger partial charge >= 0.3 is 5.97 Å². The molecule has 0 fully saturated rings. The number of carbonyl (C=O) groups is 1. The molecule has 1 aliphatic rings. The molecule has 2 radical (unpaired) electrons. The van der Waals surface area contributed by atoms with Crippen molar-refractivity contribution in [3.8, 4) is 0 Å². The largest absolute Gasteiger partial charge is 0.870 e. The molecule has 0 aromatic heterocycles. The van der Waals surface area contributed by atoms with Crippen LogP contribution in [0, 0.1) is 0 Å². The summed E-state index contributed by atoms with van der Waals surface area (Å²) in [6.07, 6.45) is 12.4. The molecule has 1 rings (SSSR count). The molecule has 0 aliphatic carbocycles. The first-order valence-corrected chi connectivity index (χ1v) is 9.37. The van der Waals surface area contributed by atoms with Crippen LogP contribution in [0.2, 0.25) is 0 Å². The summed E-state index contributed by atoms with van der Waals surface area (Å²) >= 11 is 0. The minimum atomic E-state index is -0.805. The van der Waals surface area contributed by atoms with E-state index >= 15 is 0 Å². The van der Waals surface area contributed by atoms with Crippen LogP contribution in [0.25, 0.3) is 0 Å². The van der Waals surface area contributed by atoms with Gasteiger partial charge in [-0.15, -0.1) is 0 Å². The zero-order valence-electron chi connectivity index (χ0n) is 17.3. The number of aliphatic imine (C=N–C) groups is 1. The van der Waals surface area contributed by atoms with Gasteiger partial charge in [-0.3, -0.25) is 4.48 Å². The number of hydrogen-bond acceptors (Lipinski definition) is 4. The maximum Gasteiger partial charge on any atom is 0.359 e. The Kier molecular flexibility index (Phi) is 23.6. The summed E-state index contributed by atoms with van der Waals surface area (Å²) in [5.74, 6) is 0.185. The number of nitrogens with zero attached hydrogens (tertiary/aromatic N) is 2. The van der Waals surface area contributed by atoms with E-state index in [1.165, 1.54) is 51.4 Å². The third-order valence-electron chi connectivity index (χ3n) is 4.84. The van der Waals surface area contributed by atoms with Gasteiger partial charge in [-0.05, 0) is 6.42 Å². The zero-order chi connectivity index (χ0) is 17.0. The number of quaternary nitrogens is 1. The predicted molar refractivity (Wildman–Crippen MR) is 107 cm³/mol. The standard InChI is InChI=1S/C18H34N2O3.2Na.H2O/c1-2-3-4-5-6-7-8-9-10-11-17-19-12-13-20(17,14-15-21)16-18(22)23;;;/h21H,2-16H2,1H3;;;1H2. The third kappa shape index (κ3) is 12.5. The zero-order valence-corrected chi connectivity index (χ0v) is 21.3. The van der Waals surface area contributed by atoms with Gasteiger partial charge in [-0.25, -0.2) is 9.79 Å². The molecule has 0 saturated heterocycles. The number of aliphatic carboxylic acids is 1. The molecule has 1 heterocycles. The number of unbranched alkanes of at least 4 members (excludes halogenated alkanes) is 8. The molecule has 0 bridgehead atoms. The Hall–Kier alpha value is 1.02. The van der Waals surface area contributed by atoms with Crippen LogP contribution in [0.5, 0.6) is 0 Å². The van der Waals surface area contributed by atoms with Crippen molar-refractivity contribution in [1.29, 1.82) is 0 Å². The molecule has 8 heteroatoms. The van der Waals surface area contributed by atoms with E-state index in [1.807, 2.05) is 0 Å². The van der Waals surface area contributed by atoms with Crippen molar-refractivity contribution < 1.29 is 25.0 Å². The molecule has 3 N–H and O–H groups in total. The molecule has 1 unspecified atom stereocenters. The van der Waals surface area contributed by atoms with E-state index in [0.29, 0.717) is 17.6 Å². The van der Waals surface area contributed by atoms with Crippen LogP contribution >= 0.6 is 0 Å². The smallest absolute Gasteiger partial charge is 0.359 e. The minimum absolute atomic E-state index is 0. The van der Waals surface area contributed by atoms with Gasteiger partial charge in [0.05, 0.1) is 13.2 Å². The van der Waals surface area contributed by atoms with E-state index in [0.717, 1.165) is 25.2 Å². The summed E-state index contributed by atoms with van der Waals surface area (Å²) in [7, 11) is 0. The second-order valence-corrected chi connectivity index (χ2v) is 6.74. The van der Waals surface area contributed by atoms with Crippen molar-refractivity contribution in [2.24, 2.45) is 4.99 Å². The van der Waals surface area contributed by atoms with Crippen LogP contribution in [0.1, 0.15) is 71.1 Å². The number of aliphatic hydroxyl groups is 1. The first kappa shape index (κ1) is 31.7. The van der Waals surface area contributed by atoms with E-state index in [4.69, 9.17) is 5.11 Å². The monoisotopic (exact) mass is 390 g/mol. The topological polar surface area (TPSA) is 99.9 Å². The molecule has 0 amide bonds. The van der Waals surface area contributed by atoms with Crippen molar-refractivity contribution >= 4 is 70.9 Å². The second kappa shape index (κ2) is 19.3. The van der Waals surface area contributed by atoms with Crippen molar-refractivity contribution in [2.75, 3.05) is 32.8 Å². The number of hydrogen-bond donors (Lipinski definition) is 2. The third-order valence-corrected chi connectivity index (χ3v) is 4.84. The molecule has 0 aromatic carbocycles. The normalized spacial score (nSPS) is 18.3. The van der Waals surface area contributed by atoms with Crippen LogP contribution in [0.3, 0.4) is 0 Å². The van der Waals surface area contributed by atoms with Crippen LogP contribution < -0.4 is 0 Å². The van der Waals surface area contributed by atoms with E-state index in [1.54, 1.807) is 0 Å². The predicted octanol–water partition coefficient (Wildman–Crippen LogP) is 2.27. The van der Waals surface area contributed by atoms with Crippen molar-refractivity contribution in [3.05, 3.63) is 0 Å². The maximum atomic E-state index is 11.2. The van der Waals surface area contributed by atoms with Gasteiger partial charge in [0.15, 0.2) is 12.4 Å².